The molecule has 2 nitrogen and oxygen atoms in total. The highest BCUT2D eigenvalue weighted by Crippen LogP contribution is 2.50. The van der Waals surface area contributed by atoms with Gasteiger partial charge in [0.1, 0.15) is 0 Å². The van der Waals surface area contributed by atoms with Crippen LogP contribution in [0.3, 0.4) is 0 Å². The molecule has 2 aromatic heterocycles. The molecule has 0 bridgehead atoms. The Morgan fingerprint density at radius 1 is 0.320 bits per heavy atom. The van der Waals surface area contributed by atoms with Gasteiger partial charge < -0.3 is 9.13 Å². The Morgan fingerprint density at radius 3 is 1.36 bits per heavy atom. The van der Waals surface area contributed by atoms with Gasteiger partial charge in [0.05, 0.1) is 16.6 Å². The molecule has 354 valence electrons. The molecule has 2 heterocycles. The molecule has 13 aromatic rings. The lowest BCUT2D eigenvalue weighted by Crippen LogP contribution is -2.14. The van der Waals surface area contributed by atoms with Gasteiger partial charge in [0.25, 0.3) is 0 Å². The highest BCUT2D eigenvalue weighted by atomic mass is 32.2. The molecule has 0 amide bonds. The summed E-state index contributed by atoms with van der Waals surface area (Å²) in [7, 11) is 0. The summed E-state index contributed by atoms with van der Waals surface area (Å²) in [5.41, 5.74) is 22.1. The second-order valence-corrected chi connectivity index (χ2v) is 20.7. The number of hydrogen-bond donors (Lipinski definition) is 0. The van der Waals surface area contributed by atoms with Gasteiger partial charge in [-0.1, -0.05) is 224 Å². The molecule has 14 rings (SSSR count). The van der Waals surface area contributed by atoms with E-state index in [1.54, 1.807) is 0 Å². The molecule has 0 saturated carbocycles. The summed E-state index contributed by atoms with van der Waals surface area (Å²) < 4.78 is 4.94. The topological polar surface area (TPSA) is 9.86 Å². The maximum atomic E-state index is 2.54. The molecular formula is C72H50N2S. The largest absolute Gasteiger partial charge is 0.313 e. The Kier molecular flexibility index (Phi) is 11.3. The molecule has 1 aliphatic rings. The number of hydrogen-bond acceptors (Lipinski definition) is 1. The fraction of sp³-hybridized carbons (Fsp3) is 0.0278. The third-order valence-corrected chi connectivity index (χ3v) is 16.4. The molecule has 75 heavy (non-hydrogen) atoms. The molecule has 1 aliphatic carbocycles. The van der Waals surface area contributed by atoms with Crippen molar-refractivity contribution < 1.29 is 0 Å². The van der Waals surface area contributed by atoms with Crippen molar-refractivity contribution in [2.45, 2.75) is 17.2 Å². The number of aromatic nitrogens is 2. The van der Waals surface area contributed by atoms with Crippen LogP contribution < -0.4 is 0 Å². The van der Waals surface area contributed by atoms with Gasteiger partial charge in [-0.2, -0.15) is 0 Å². The molecule has 0 fully saturated rings. The number of para-hydroxylation sites is 1. The first kappa shape index (κ1) is 44.5. The van der Waals surface area contributed by atoms with Gasteiger partial charge in [-0.05, 0) is 139 Å². The highest BCUT2D eigenvalue weighted by Gasteiger charge is 2.31. The fourth-order valence-electron chi connectivity index (χ4n) is 11.6. The third-order valence-electron chi connectivity index (χ3n) is 15.2. The average Bonchev–Trinajstić information content (AvgIpc) is 4.01. The van der Waals surface area contributed by atoms with Gasteiger partial charge in [-0.25, -0.2) is 0 Å². The van der Waals surface area contributed by atoms with Crippen molar-refractivity contribution in [2.24, 2.45) is 0 Å². The van der Waals surface area contributed by atoms with Crippen LogP contribution in [0.5, 0.6) is 0 Å². The zero-order valence-electron chi connectivity index (χ0n) is 41.2. The Morgan fingerprint density at radius 2 is 0.747 bits per heavy atom. The Bertz CT molecular complexity index is 4230. The van der Waals surface area contributed by atoms with Gasteiger partial charge in [-0.15, -0.1) is 0 Å². The van der Waals surface area contributed by atoms with Crippen LogP contribution in [0.25, 0.3) is 106 Å². The van der Waals surface area contributed by atoms with E-state index in [1.165, 1.54) is 121 Å². The fourth-order valence-corrected chi connectivity index (χ4v) is 12.7. The van der Waals surface area contributed by atoms with Crippen LogP contribution in [0.15, 0.2) is 289 Å². The second kappa shape index (κ2) is 19.0. The number of fused-ring (bicyclic) bond motifs is 6. The van der Waals surface area contributed by atoms with Crippen molar-refractivity contribution in [3.63, 3.8) is 0 Å². The van der Waals surface area contributed by atoms with E-state index < -0.39 is 0 Å². The van der Waals surface area contributed by atoms with E-state index in [2.05, 4.69) is 294 Å². The predicted molar refractivity (Wildman–Crippen MR) is 318 cm³/mol. The van der Waals surface area contributed by atoms with Crippen molar-refractivity contribution in [1.29, 1.82) is 0 Å². The molecule has 1 unspecified atom stereocenters. The summed E-state index contributed by atoms with van der Waals surface area (Å²) in [6.45, 7) is 0. The molecule has 1 atom stereocenters. The van der Waals surface area contributed by atoms with Crippen molar-refractivity contribution in [3.05, 3.63) is 301 Å². The summed E-state index contributed by atoms with van der Waals surface area (Å²) >= 11 is 1.90. The van der Waals surface area contributed by atoms with E-state index >= 15 is 0 Å². The second-order valence-electron chi connectivity index (χ2n) is 19.6. The van der Waals surface area contributed by atoms with Crippen LogP contribution in [0.4, 0.5) is 0 Å². The van der Waals surface area contributed by atoms with E-state index in [-0.39, 0.29) is 5.92 Å². The first-order chi connectivity index (χ1) is 37.2. The van der Waals surface area contributed by atoms with E-state index in [4.69, 9.17) is 0 Å². The predicted octanol–water partition coefficient (Wildman–Crippen LogP) is 19.5. The monoisotopic (exact) mass is 974 g/mol. The van der Waals surface area contributed by atoms with Gasteiger partial charge in [0, 0.05) is 56.0 Å². The van der Waals surface area contributed by atoms with E-state index in [0.717, 1.165) is 12.1 Å². The number of benzene rings is 11. The van der Waals surface area contributed by atoms with Crippen LogP contribution in [-0.2, 0) is 6.42 Å². The molecule has 0 saturated heterocycles. The summed E-state index contributed by atoms with van der Waals surface area (Å²) in [6, 6.07) is 102. The first-order valence-corrected chi connectivity index (χ1v) is 26.7. The lowest BCUT2D eigenvalue weighted by Gasteiger charge is -2.28. The van der Waals surface area contributed by atoms with Crippen LogP contribution in [0.1, 0.15) is 22.7 Å². The smallest absolute Gasteiger partial charge is 0.0541 e. The molecule has 0 aliphatic heterocycles. The minimum Gasteiger partial charge on any atom is -0.313 e. The SMILES string of the molecule is C1=C(Sc2ccccc2)C(c2ccccc2-c2ccccc2)Cc2c1c1cc(-c3ccc(-c4ccc5c(c4)c4ccccc4n5-c4ccc(-c5ccccc5)cc4)cc3)ccc1n2-c1ccc(-c2ccccc2)cc1. The van der Waals surface area contributed by atoms with E-state index in [0.29, 0.717) is 0 Å². The third kappa shape index (κ3) is 8.19. The van der Waals surface area contributed by atoms with Crippen molar-refractivity contribution in [2.75, 3.05) is 0 Å². The molecule has 11 aromatic carbocycles. The van der Waals surface area contributed by atoms with Crippen LogP contribution >= 0.6 is 11.8 Å². The Hall–Kier alpha value is -9.15. The van der Waals surface area contributed by atoms with Gasteiger partial charge in [0.15, 0.2) is 0 Å². The van der Waals surface area contributed by atoms with E-state index in [9.17, 15) is 0 Å². The summed E-state index contributed by atoms with van der Waals surface area (Å²) in [4.78, 5) is 2.60. The maximum Gasteiger partial charge on any atom is 0.0541 e. The standard InChI is InChI=1S/C72H50N2S/c1-5-17-49(18-6-1)51-33-39-58(40-34-51)73-68-28-16-15-27-63(68)64-45-56(37-43-69(64)73)53-29-31-54(32-30-53)57-38-44-70-65(46-57)66-48-72(75-60-23-11-4-12-24-60)67(62-26-14-13-25-61(62)55-21-9-3-10-22-55)47-71(66)74(70)59-41-35-52(36-42-59)50-19-7-2-8-20-50/h1-46,48,67H,47H2. The van der Waals surface area contributed by atoms with Crippen LogP contribution in [0.2, 0.25) is 0 Å². The lowest BCUT2D eigenvalue weighted by atomic mass is 9.83. The van der Waals surface area contributed by atoms with Gasteiger partial charge in [0.2, 0.25) is 0 Å². The molecular weight excluding hydrogens is 925 g/mol. The normalized spacial score (nSPS) is 13.3. The van der Waals surface area contributed by atoms with Gasteiger partial charge in [-0.3, -0.25) is 0 Å². The van der Waals surface area contributed by atoms with Gasteiger partial charge >= 0.3 is 0 Å². The lowest BCUT2D eigenvalue weighted by molar-refractivity contribution is 0.775. The van der Waals surface area contributed by atoms with Crippen molar-refractivity contribution in [1.82, 2.24) is 9.13 Å². The number of nitrogens with zero attached hydrogens (tertiary/aromatic N) is 2. The quantitative estimate of drug-likeness (QED) is 0.133. The minimum atomic E-state index is 0.139. The number of allylic oxidation sites excluding steroid dienone is 1. The Balaban J connectivity index is 0.863. The number of rotatable bonds is 10. The zero-order chi connectivity index (χ0) is 49.7. The van der Waals surface area contributed by atoms with E-state index in [1.807, 2.05) is 11.8 Å². The summed E-state index contributed by atoms with van der Waals surface area (Å²) in [6.07, 6.45) is 3.37. The zero-order valence-corrected chi connectivity index (χ0v) is 42.0. The van der Waals surface area contributed by atoms with Crippen molar-refractivity contribution in [3.8, 4) is 67.0 Å². The average molecular weight is 975 g/mol. The molecule has 3 heteroatoms. The maximum absolute atomic E-state index is 2.54. The highest BCUT2D eigenvalue weighted by molar-refractivity contribution is 8.03. The van der Waals surface area contributed by atoms with Crippen molar-refractivity contribution >= 4 is 50.5 Å². The minimum absolute atomic E-state index is 0.139. The first-order valence-electron chi connectivity index (χ1n) is 25.9. The molecule has 0 spiro atoms. The summed E-state index contributed by atoms with van der Waals surface area (Å²) in [5.74, 6) is 0.139. The number of thioether (sulfide) groups is 1. The Labute approximate surface area is 442 Å². The molecule has 0 radical (unpaired) electrons. The summed E-state index contributed by atoms with van der Waals surface area (Å²) in [5, 5.41) is 3.76. The van der Waals surface area contributed by atoms with Crippen LogP contribution in [-0.4, -0.2) is 9.13 Å². The van der Waals surface area contributed by atoms with Crippen LogP contribution in [0, 0.1) is 0 Å². The molecule has 0 N–H and O–H groups in total.